The number of nitrogens with one attached hydrogen (secondary N) is 3. The highest BCUT2D eigenvalue weighted by molar-refractivity contribution is 14.1. The number of halogens is 2. The molecule has 39 heavy (non-hydrogen) atoms. The number of carbonyl (C=O) groups excluding carboxylic acids is 1. The standard InChI is InChI=1S/C28H21FIN5O4/c1-15-23-22(24(34(2)27(15)38)32-21-12-11-17(30)13-20(21)29)26(37)33-28(39)35(23)19-10-6-9-18(14-19)31-25(36)16-7-4-3-5-8-16/h3-14,32H,1-2H3,(H,31,36)(H,33,37,39). The molecule has 5 rings (SSSR count). The molecule has 0 unspecified atom stereocenters. The first-order valence-electron chi connectivity index (χ1n) is 11.7. The van der Waals surface area contributed by atoms with Crippen LogP contribution in [0.5, 0.6) is 0 Å². The van der Waals surface area contributed by atoms with Crippen LogP contribution in [-0.2, 0) is 7.05 Å². The van der Waals surface area contributed by atoms with Crippen LogP contribution in [0.3, 0.4) is 0 Å². The maximum Gasteiger partial charge on any atom is 0.333 e. The van der Waals surface area contributed by atoms with Gasteiger partial charge in [0.05, 0.1) is 16.9 Å². The molecule has 2 heterocycles. The molecule has 0 fully saturated rings. The fraction of sp³-hybridized carbons (Fsp3) is 0.0714. The van der Waals surface area contributed by atoms with Crippen LogP contribution in [0.15, 0.2) is 87.2 Å². The fourth-order valence-corrected chi connectivity index (χ4v) is 4.81. The van der Waals surface area contributed by atoms with Crippen LogP contribution in [-0.4, -0.2) is 20.0 Å². The highest BCUT2D eigenvalue weighted by atomic mass is 127. The van der Waals surface area contributed by atoms with Gasteiger partial charge in [-0.1, -0.05) is 24.3 Å². The molecule has 0 bridgehead atoms. The van der Waals surface area contributed by atoms with Gasteiger partial charge in [-0.3, -0.25) is 28.5 Å². The Morgan fingerprint density at radius 3 is 2.44 bits per heavy atom. The minimum Gasteiger partial charge on any atom is -0.338 e. The van der Waals surface area contributed by atoms with E-state index in [0.29, 0.717) is 20.5 Å². The van der Waals surface area contributed by atoms with Crippen molar-refractivity contribution in [1.29, 1.82) is 0 Å². The van der Waals surface area contributed by atoms with E-state index in [0.717, 1.165) is 0 Å². The molecule has 3 aromatic carbocycles. The molecular weight excluding hydrogens is 616 g/mol. The van der Waals surface area contributed by atoms with Gasteiger partial charge in [-0.25, -0.2) is 9.18 Å². The third-order valence-electron chi connectivity index (χ3n) is 6.25. The van der Waals surface area contributed by atoms with Crippen molar-refractivity contribution in [2.24, 2.45) is 7.05 Å². The van der Waals surface area contributed by atoms with E-state index in [2.05, 4.69) is 15.6 Å². The lowest BCUT2D eigenvalue weighted by Crippen LogP contribution is -2.34. The number of H-pyrrole nitrogens is 1. The van der Waals surface area contributed by atoms with Crippen LogP contribution in [0, 0.1) is 16.3 Å². The smallest absolute Gasteiger partial charge is 0.333 e. The molecule has 1 amide bonds. The maximum absolute atomic E-state index is 14.7. The second kappa shape index (κ2) is 10.3. The van der Waals surface area contributed by atoms with Crippen molar-refractivity contribution in [3.05, 3.63) is 125 Å². The number of fused-ring (bicyclic) bond motifs is 1. The number of amides is 1. The summed E-state index contributed by atoms with van der Waals surface area (Å²) in [7, 11) is 1.45. The summed E-state index contributed by atoms with van der Waals surface area (Å²) in [4.78, 5) is 54.5. The van der Waals surface area contributed by atoms with Crippen LogP contribution >= 0.6 is 22.6 Å². The zero-order chi connectivity index (χ0) is 27.8. The van der Waals surface area contributed by atoms with Gasteiger partial charge in [-0.2, -0.15) is 0 Å². The Morgan fingerprint density at radius 2 is 1.72 bits per heavy atom. The summed E-state index contributed by atoms with van der Waals surface area (Å²) >= 11 is 1.97. The van der Waals surface area contributed by atoms with E-state index >= 15 is 0 Å². The van der Waals surface area contributed by atoms with Crippen LogP contribution in [0.1, 0.15) is 15.9 Å². The summed E-state index contributed by atoms with van der Waals surface area (Å²) in [6.45, 7) is 1.51. The topological polar surface area (TPSA) is 118 Å². The number of aromatic nitrogens is 3. The lowest BCUT2D eigenvalue weighted by molar-refractivity contribution is 0.102. The molecule has 0 radical (unpaired) electrons. The monoisotopic (exact) mass is 637 g/mol. The Hall–Kier alpha value is -4.52. The van der Waals surface area contributed by atoms with Gasteiger partial charge >= 0.3 is 5.69 Å². The zero-order valence-corrected chi connectivity index (χ0v) is 22.9. The van der Waals surface area contributed by atoms with Gasteiger partial charge in [0.2, 0.25) is 0 Å². The van der Waals surface area contributed by atoms with Gasteiger partial charge in [0.15, 0.2) is 0 Å². The van der Waals surface area contributed by atoms with E-state index in [9.17, 15) is 23.6 Å². The summed E-state index contributed by atoms with van der Waals surface area (Å²) < 4.78 is 17.8. The van der Waals surface area contributed by atoms with Gasteiger partial charge in [0, 0.05) is 27.4 Å². The van der Waals surface area contributed by atoms with Crippen LogP contribution in [0.25, 0.3) is 16.6 Å². The molecule has 0 aliphatic heterocycles. The van der Waals surface area contributed by atoms with Gasteiger partial charge < -0.3 is 10.6 Å². The highest BCUT2D eigenvalue weighted by Gasteiger charge is 2.21. The summed E-state index contributed by atoms with van der Waals surface area (Å²) in [5.74, 6) is -0.901. The number of benzene rings is 3. The number of carbonyl (C=O) groups is 1. The van der Waals surface area contributed by atoms with Crippen molar-refractivity contribution in [2.75, 3.05) is 10.6 Å². The Kier molecular flexibility index (Phi) is 6.91. The third-order valence-corrected chi connectivity index (χ3v) is 6.92. The molecule has 5 aromatic rings. The molecule has 0 aliphatic carbocycles. The van der Waals surface area contributed by atoms with Crippen LogP contribution < -0.4 is 27.4 Å². The average Bonchev–Trinajstić information content (AvgIpc) is 2.91. The Morgan fingerprint density at radius 1 is 0.974 bits per heavy atom. The number of pyridine rings is 1. The van der Waals surface area contributed by atoms with Gasteiger partial charge in [0.25, 0.3) is 17.0 Å². The molecule has 0 atom stereocenters. The number of aromatic amines is 1. The molecule has 0 spiro atoms. The van der Waals surface area contributed by atoms with Gasteiger partial charge in [-0.15, -0.1) is 0 Å². The molecule has 0 aliphatic rings. The van der Waals surface area contributed by atoms with E-state index in [-0.39, 0.29) is 33.9 Å². The van der Waals surface area contributed by atoms with Crippen molar-refractivity contribution >= 4 is 56.6 Å². The molecule has 196 valence electrons. The predicted octanol–water partition coefficient (Wildman–Crippen LogP) is 4.43. The zero-order valence-electron chi connectivity index (χ0n) is 20.7. The SMILES string of the molecule is Cc1c(=O)n(C)c(Nc2ccc(I)cc2F)c2c(=O)[nH]c(=O)n(-c3cccc(NC(=O)c4ccccc4)c3)c12. The number of hydrogen-bond acceptors (Lipinski definition) is 5. The van der Waals surface area contributed by atoms with Gasteiger partial charge in [0.1, 0.15) is 17.0 Å². The summed E-state index contributed by atoms with van der Waals surface area (Å²) in [5.41, 5.74) is -0.596. The maximum atomic E-state index is 14.7. The Balaban J connectivity index is 1.71. The molecule has 0 saturated heterocycles. The number of hydrogen-bond donors (Lipinski definition) is 3. The average molecular weight is 637 g/mol. The number of rotatable bonds is 5. The van der Waals surface area contributed by atoms with Crippen molar-refractivity contribution < 1.29 is 9.18 Å². The lowest BCUT2D eigenvalue weighted by atomic mass is 10.1. The Bertz CT molecular complexity index is 1950. The van der Waals surface area contributed by atoms with E-state index in [1.807, 2.05) is 22.6 Å². The lowest BCUT2D eigenvalue weighted by Gasteiger charge is -2.19. The van der Waals surface area contributed by atoms with Crippen molar-refractivity contribution in [1.82, 2.24) is 14.1 Å². The van der Waals surface area contributed by atoms with Crippen molar-refractivity contribution in [3.63, 3.8) is 0 Å². The molecule has 2 aromatic heterocycles. The largest absolute Gasteiger partial charge is 0.338 e. The molecule has 3 N–H and O–H groups in total. The minimum absolute atomic E-state index is 0.00845. The summed E-state index contributed by atoms with van der Waals surface area (Å²) in [6, 6.07) is 19.6. The Labute approximate surface area is 234 Å². The van der Waals surface area contributed by atoms with Gasteiger partial charge in [-0.05, 0) is 78.0 Å². The molecule has 0 saturated carbocycles. The normalized spacial score (nSPS) is 11.0. The van der Waals surface area contributed by atoms with E-state index < -0.39 is 22.6 Å². The number of nitrogens with zero attached hydrogens (tertiary/aromatic N) is 2. The number of aryl methyl sites for hydroxylation is 1. The molecule has 11 heteroatoms. The first-order chi connectivity index (χ1) is 18.7. The summed E-state index contributed by atoms with van der Waals surface area (Å²) in [5, 5.41) is 5.65. The van der Waals surface area contributed by atoms with Crippen LogP contribution in [0.4, 0.5) is 21.6 Å². The minimum atomic E-state index is -0.776. The van der Waals surface area contributed by atoms with E-state index in [4.69, 9.17) is 0 Å². The van der Waals surface area contributed by atoms with Crippen molar-refractivity contribution in [2.45, 2.75) is 6.92 Å². The first kappa shape index (κ1) is 26.1. The number of anilines is 3. The fourth-order valence-electron chi connectivity index (χ4n) is 4.36. The molecule has 9 nitrogen and oxygen atoms in total. The molecular formula is C28H21FIN5O4. The first-order valence-corrected chi connectivity index (χ1v) is 12.8. The van der Waals surface area contributed by atoms with Crippen LogP contribution in [0.2, 0.25) is 0 Å². The quantitative estimate of drug-likeness (QED) is 0.247. The van der Waals surface area contributed by atoms with Crippen molar-refractivity contribution in [3.8, 4) is 5.69 Å². The predicted molar refractivity (Wildman–Crippen MR) is 157 cm³/mol. The third kappa shape index (κ3) is 4.88. The second-order valence-electron chi connectivity index (χ2n) is 8.78. The van der Waals surface area contributed by atoms with E-state index in [1.165, 1.54) is 35.2 Å². The highest BCUT2D eigenvalue weighted by Crippen LogP contribution is 2.27. The van der Waals surface area contributed by atoms with E-state index in [1.54, 1.807) is 60.7 Å². The summed E-state index contributed by atoms with van der Waals surface area (Å²) in [6.07, 6.45) is 0. The second-order valence-corrected chi connectivity index (χ2v) is 10.0.